The molecule has 0 spiro atoms. The number of nitrogens with zero attached hydrogens (tertiary/aromatic N) is 3. The van der Waals surface area contributed by atoms with E-state index in [1.807, 2.05) is 36.4 Å². The predicted octanol–water partition coefficient (Wildman–Crippen LogP) is 3.70. The minimum absolute atomic E-state index is 0.00960. The number of Topliss-reactive ketones (excluding diaryl/α,β-unsaturated/α-hetero) is 1. The largest absolute Gasteiger partial charge is 0.339 e. The van der Waals surface area contributed by atoms with Crippen molar-refractivity contribution in [3.8, 4) is 0 Å². The lowest BCUT2D eigenvalue weighted by molar-refractivity contribution is 0.0985. The first-order valence-corrected chi connectivity index (χ1v) is 8.09. The maximum Gasteiger partial charge on any atom is 0.278 e. The van der Waals surface area contributed by atoms with E-state index in [1.165, 1.54) is 11.8 Å². The van der Waals surface area contributed by atoms with Gasteiger partial charge in [0, 0.05) is 24.0 Å². The van der Waals surface area contributed by atoms with Crippen LogP contribution in [0.4, 0.5) is 17.2 Å². The zero-order chi connectivity index (χ0) is 18.5. The van der Waals surface area contributed by atoms with Gasteiger partial charge >= 0.3 is 0 Å². The Bertz CT molecular complexity index is 924. The second kappa shape index (κ2) is 7.57. The molecule has 0 fully saturated rings. The van der Waals surface area contributed by atoms with Crippen LogP contribution in [0.2, 0.25) is 0 Å². The van der Waals surface area contributed by atoms with Crippen LogP contribution in [0.1, 0.15) is 27.8 Å². The van der Waals surface area contributed by atoms with Crippen molar-refractivity contribution >= 4 is 28.9 Å². The first-order chi connectivity index (χ1) is 12.5. The highest BCUT2D eigenvalue weighted by Crippen LogP contribution is 2.17. The van der Waals surface area contributed by atoms with Gasteiger partial charge in [-0.1, -0.05) is 30.3 Å². The molecule has 0 saturated carbocycles. The average molecular weight is 346 g/mol. The first-order valence-electron chi connectivity index (χ1n) is 8.09. The molecular formula is C20H18N4O2. The summed E-state index contributed by atoms with van der Waals surface area (Å²) in [6, 6.07) is 19.7. The lowest BCUT2D eigenvalue weighted by Gasteiger charge is -2.16. The molecule has 0 radical (unpaired) electrons. The number of benzene rings is 2. The molecular weight excluding hydrogens is 328 g/mol. The number of carbonyl (C=O) groups excluding carboxylic acids is 2. The number of amides is 1. The van der Waals surface area contributed by atoms with Gasteiger partial charge in [0.25, 0.3) is 5.91 Å². The normalized spacial score (nSPS) is 10.2. The number of aromatic nitrogens is 2. The topological polar surface area (TPSA) is 75.2 Å². The van der Waals surface area contributed by atoms with Gasteiger partial charge in [-0.25, -0.2) is 0 Å². The molecule has 0 unspecified atom stereocenters. The van der Waals surface area contributed by atoms with E-state index in [4.69, 9.17) is 0 Å². The highest BCUT2D eigenvalue weighted by atomic mass is 16.2. The van der Waals surface area contributed by atoms with Crippen LogP contribution in [-0.2, 0) is 0 Å². The second-order valence-corrected chi connectivity index (χ2v) is 5.77. The van der Waals surface area contributed by atoms with Crippen molar-refractivity contribution in [1.29, 1.82) is 0 Å². The Morgan fingerprint density at radius 1 is 0.923 bits per heavy atom. The van der Waals surface area contributed by atoms with Gasteiger partial charge < -0.3 is 10.2 Å². The molecule has 6 nitrogen and oxygen atoms in total. The third-order valence-corrected chi connectivity index (χ3v) is 3.87. The number of rotatable bonds is 5. The van der Waals surface area contributed by atoms with Gasteiger partial charge in [-0.15, -0.1) is 10.2 Å². The average Bonchev–Trinajstić information content (AvgIpc) is 2.68. The van der Waals surface area contributed by atoms with E-state index in [0.717, 1.165) is 11.4 Å². The molecule has 0 aliphatic rings. The number of nitrogens with one attached hydrogen (secondary N) is 1. The predicted molar refractivity (Wildman–Crippen MR) is 101 cm³/mol. The fourth-order valence-corrected chi connectivity index (χ4v) is 2.42. The molecule has 1 heterocycles. The molecule has 6 heteroatoms. The molecule has 0 aliphatic carbocycles. The fourth-order valence-electron chi connectivity index (χ4n) is 2.42. The van der Waals surface area contributed by atoms with Gasteiger partial charge in [0.2, 0.25) is 0 Å². The van der Waals surface area contributed by atoms with Crippen molar-refractivity contribution in [3.63, 3.8) is 0 Å². The third-order valence-electron chi connectivity index (χ3n) is 3.87. The van der Waals surface area contributed by atoms with E-state index in [0.29, 0.717) is 11.4 Å². The monoisotopic (exact) mass is 346 g/mol. The molecule has 1 aromatic heterocycles. The zero-order valence-electron chi connectivity index (χ0n) is 14.5. The minimum atomic E-state index is -0.242. The van der Waals surface area contributed by atoms with Gasteiger partial charge in [-0.2, -0.15) is 0 Å². The number of para-hydroxylation sites is 1. The molecule has 2 aromatic carbocycles. The number of hydrogen-bond donors (Lipinski definition) is 1. The molecule has 0 bridgehead atoms. The maximum absolute atomic E-state index is 12.5. The third kappa shape index (κ3) is 3.92. The SMILES string of the molecule is CC(=O)c1cccc(Nc2ccc(C(=O)N(C)c3ccccc3)nn2)c1. The summed E-state index contributed by atoms with van der Waals surface area (Å²) < 4.78 is 0. The van der Waals surface area contributed by atoms with Crippen molar-refractivity contribution in [2.24, 2.45) is 0 Å². The Labute approximate surface area is 151 Å². The van der Waals surface area contributed by atoms with Crippen LogP contribution in [0.15, 0.2) is 66.7 Å². The van der Waals surface area contributed by atoms with E-state index in [9.17, 15) is 9.59 Å². The van der Waals surface area contributed by atoms with Crippen LogP contribution in [-0.4, -0.2) is 28.9 Å². The Morgan fingerprint density at radius 2 is 1.69 bits per heavy atom. The van der Waals surface area contributed by atoms with E-state index >= 15 is 0 Å². The van der Waals surface area contributed by atoms with Crippen LogP contribution in [0, 0.1) is 0 Å². The molecule has 3 rings (SSSR count). The van der Waals surface area contributed by atoms with Crippen molar-refractivity contribution in [1.82, 2.24) is 10.2 Å². The van der Waals surface area contributed by atoms with Crippen LogP contribution in [0.25, 0.3) is 0 Å². The van der Waals surface area contributed by atoms with E-state index in [2.05, 4.69) is 15.5 Å². The summed E-state index contributed by atoms with van der Waals surface area (Å²) in [6.07, 6.45) is 0. The zero-order valence-corrected chi connectivity index (χ0v) is 14.5. The lowest BCUT2D eigenvalue weighted by atomic mass is 10.1. The molecule has 1 N–H and O–H groups in total. The number of anilines is 3. The van der Waals surface area contributed by atoms with Crippen molar-refractivity contribution < 1.29 is 9.59 Å². The molecule has 130 valence electrons. The van der Waals surface area contributed by atoms with Crippen LogP contribution < -0.4 is 10.2 Å². The van der Waals surface area contributed by atoms with Crippen molar-refractivity contribution in [2.45, 2.75) is 6.92 Å². The maximum atomic E-state index is 12.5. The van der Waals surface area contributed by atoms with Gasteiger partial charge in [0.15, 0.2) is 17.3 Å². The summed E-state index contributed by atoms with van der Waals surface area (Å²) in [5, 5.41) is 11.1. The molecule has 3 aromatic rings. The standard InChI is InChI=1S/C20H18N4O2/c1-14(25)15-7-6-8-16(13-15)21-19-12-11-18(22-23-19)20(26)24(2)17-9-4-3-5-10-17/h3-13H,1-2H3,(H,21,23). The fraction of sp³-hybridized carbons (Fsp3) is 0.100. The molecule has 1 amide bonds. The smallest absolute Gasteiger partial charge is 0.278 e. The summed E-state index contributed by atoms with van der Waals surface area (Å²) in [6.45, 7) is 1.52. The second-order valence-electron chi connectivity index (χ2n) is 5.77. The first kappa shape index (κ1) is 17.3. The number of carbonyl (C=O) groups is 2. The molecule has 0 atom stereocenters. The Morgan fingerprint density at radius 3 is 2.35 bits per heavy atom. The Kier molecular flexibility index (Phi) is 5.03. The van der Waals surface area contributed by atoms with Gasteiger partial charge in [0.05, 0.1) is 0 Å². The van der Waals surface area contributed by atoms with E-state index < -0.39 is 0 Å². The lowest BCUT2D eigenvalue weighted by Crippen LogP contribution is -2.27. The van der Waals surface area contributed by atoms with E-state index in [1.54, 1.807) is 37.4 Å². The summed E-state index contributed by atoms with van der Waals surface area (Å²) in [7, 11) is 1.69. The van der Waals surface area contributed by atoms with E-state index in [-0.39, 0.29) is 17.4 Å². The number of ketones is 1. The Balaban J connectivity index is 1.73. The molecule has 26 heavy (non-hydrogen) atoms. The van der Waals surface area contributed by atoms with Crippen LogP contribution >= 0.6 is 0 Å². The van der Waals surface area contributed by atoms with Crippen LogP contribution in [0.3, 0.4) is 0 Å². The quantitative estimate of drug-likeness (QED) is 0.713. The van der Waals surface area contributed by atoms with Gasteiger partial charge in [-0.05, 0) is 43.3 Å². The van der Waals surface area contributed by atoms with Crippen molar-refractivity contribution in [3.05, 3.63) is 78.0 Å². The van der Waals surface area contributed by atoms with Gasteiger partial charge in [0.1, 0.15) is 0 Å². The van der Waals surface area contributed by atoms with Gasteiger partial charge in [-0.3, -0.25) is 9.59 Å². The summed E-state index contributed by atoms with van der Waals surface area (Å²) in [5.41, 5.74) is 2.37. The summed E-state index contributed by atoms with van der Waals surface area (Å²) in [5.74, 6) is 0.239. The van der Waals surface area contributed by atoms with Crippen molar-refractivity contribution in [2.75, 3.05) is 17.3 Å². The summed E-state index contributed by atoms with van der Waals surface area (Å²) in [4.78, 5) is 25.5. The minimum Gasteiger partial charge on any atom is -0.339 e. The highest BCUT2D eigenvalue weighted by Gasteiger charge is 2.15. The summed E-state index contributed by atoms with van der Waals surface area (Å²) >= 11 is 0. The Hall–Kier alpha value is -3.54. The highest BCUT2D eigenvalue weighted by molar-refractivity contribution is 6.04. The number of hydrogen-bond acceptors (Lipinski definition) is 5. The molecule has 0 aliphatic heterocycles. The van der Waals surface area contributed by atoms with Crippen LogP contribution in [0.5, 0.6) is 0 Å². The molecule has 0 saturated heterocycles.